The Morgan fingerprint density at radius 1 is 0.962 bits per heavy atom. The standard InChI is InChI=1S/C22H15N3O/c1-16-4-2-3-5-18(16)10-11-20-14-23-22-13-12-21(24-25(20)22)19-8-6-17(15-26)7-9-19/h2-9,12-15H,1H3. The molecule has 4 aromatic rings. The summed E-state index contributed by atoms with van der Waals surface area (Å²) >= 11 is 0. The Kier molecular flexibility index (Phi) is 4.04. The third-order valence-electron chi connectivity index (χ3n) is 4.18. The molecule has 0 spiro atoms. The van der Waals surface area contributed by atoms with Crippen LogP contribution in [0.5, 0.6) is 0 Å². The van der Waals surface area contributed by atoms with Crippen molar-refractivity contribution in [3.05, 3.63) is 89.2 Å². The van der Waals surface area contributed by atoms with E-state index in [1.165, 1.54) is 0 Å². The summed E-state index contributed by atoms with van der Waals surface area (Å²) in [6.45, 7) is 2.04. The molecule has 2 heterocycles. The monoisotopic (exact) mass is 337 g/mol. The number of imidazole rings is 1. The minimum atomic E-state index is 0.641. The maximum atomic E-state index is 10.8. The molecule has 124 valence electrons. The van der Waals surface area contributed by atoms with Crippen molar-refractivity contribution in [2.75, 3.05) is 0 Å². The molecule has 0 radical (unpaired) electrons. The zero-order valence-electron chi connectivity index (χ0n) is 14.2. The fraction of sp³-hybridized carbons (Fsp3) is 0.0455. The molecule has 0 saturated heterocycles. The largest absolute Gasteiger partial charge is 0.298 e. The van der Waals surface area contributed by atoms with E-state index >= 15 is 0 Å². The first-order valence-electron chi connectivity index (χ1n) is 8.23. The number of nitrogens with zero attached hydrogens (tertiary/aromatic N) is 3. The van der Waals surface area contributed by atoms with E-state index in [0.717, 1.165) is 40.0 Å². The van der Waals surface area contributed by atoms with Crippen molar-refractivity contribution in [1.29, 1.82) is 0 Å². The van der Waals surface area contributed by atoms with Crippen LogP contribution < -0.4 is 0 Å². The smallest absolute Gasteiger partial charge is 0.154 e. The molecule has 0 atom stereocenters. The number of carbonyl (C=O) groups is 1. The van der Waals surface area contributed by atoms with Crippen LogP contribution in [0.1, 0.15) is 27.2 Å². The van der Waals surface area contributed by atoms with Crippen molar-refractivity contribution in [1.82, 2.24) is 14.6 Å². The van der Waals surface area contributed by atoms with E-state index in [2.05, 4.69) is 21.9 Å². The number of hydrogen-bond donors (Lipinski definition) is 0. The molecule has 4 nitrogen and oxygen atoms in total. The molecule has 4 rings (SSSR count). The minimum Gasteiger partial charge on any atom is -0.298 e. The van der Waals surface area contributed by atoms with Crippen LogP contribution in [-0.2, 0) is 0 Å². The van der Waals surface area contributed by atoms with Crippen LogP contribution in [0, 0.1) is 18.8 Å². The van der Waals surface area contributed by atoms with Crippen molar-refractivity contribution in [2.45, 2.75) is 6.92 Å². The maximum absolute atomic E-state index is 10.8. The van der Waals surface area contributed by atoms with Crippen molar-refractivity contribution >= 4 is 11.9 Å². The van der Waals surface area contributed by atoms with Gasteiger partial charge in [-0.25, -0.2) is 9.50 Å². The van der Waals surface area contributed by atoms with Crippen molar-refractivity contribution in [3.63, 3.8) is 0 Å². The van der Waals surface area contributed by atoms with Gasteiger partial charge in [-0.05, 0) is 36.6 Å². The second-order valence-corrected chi connectivity index (χ2v) is 5.94. The zero-order chi connectivity index (χ0) is 17.9. The van der Waals surface area contributed by atoms with Crippen molar-refractivity contribution < 1.29 is 4.79 Å². The van der Waals surface area contributed by atoms with Gasteiger partial charge in [0, 0.05) is 16.7 Å². The Balaban J connectivity index is 1.75. The van der Waals surface area contributed by atoms with E-state index in [0.29, 0.717) is 5.56 Å². The van der Waals surface area contributed by atoms with Gasteiger partial charge in [-0.15, -0.1) is 0 Å². The number of carbonyl (C=O) groups excluding carboxylic acids is 1. The highest BCUT2D eigenvalue weighted by atomic mass is 16.1. The predicted molar refractivity (Wildman–Crippen MR) is 101 cm³/mol. The van der Waals surface area contributed by atoms with E-state index in [4.69, 9.17) is 0 Å². The van der Waals surface area contributed by atoms with Crippen molar-refractivity contribution in [3.8, 4) is 23.1 Å². The molecule has 2 aromatic carbocycles. The van der Waals surface area contributed by atoms with E-state index in [9.17, 15) is 4.79 Å². The van der Waals surface area contributed by atoms with Gasteiger partial charge < -0.3 is 0 Å². The Labute approximate surface area is 151 Å². The molecular weight excluding hydrogens is 322 g/mol. The third-order valence-corrected chi connectivity index (χ3v) is 4.18. The van der Waals surface area contributed by atoms with Gasteiger partial charge in [-0.3, -0.25) is 4.79 Å². The molecule has 0 aliphatic heterocycles. The SMILES string of the molecule is Cc1ccccc1C#Cc1cnc2ccc(-c3ccc(C=O)cc3)nn12. The molecule has 0 aliphatic rings. The van der Waals surface area contributed by atoms with Gasteiger partial charge in [0.2, 0.25) is 0 Å². The number of fused-ring (bicyclic) bond motifs is 1. The summed E-state index contributed by atoms with van der Waals surface area (Å²) in [5.74, 6) is 6.36. The fourth-order valence-electron chi connectivity index (χ4n) is 2.69. The highest BCUT2D eigenvalue weighted by molar-refractivity contribution is 5.76. The molecule has 0 amide bonds. The number of aryl methyl sites for hydroxylation is 1. The summed E-state index contributed by atoms with van der Waals surface area (Å²) in [4.78, 5) is 15.2. The van der Waals surface area contributed by atoms with Crippen molar-refractivity contribution in [2.24, 2.45) is 0 Å². The summed E-state index contributed by atoms with van der Waals surface area (Å²) < 4.78 is 1.74. The van der Waals surface area contributed by atoms with Crippen LogP contribution in [0.25, 0.3) is 16.9 Å². The van der Waals surface area contributed by atoms with Crippen LogP contribution in [0.2, 0.25) is 0 Å². The summed E-state index contributed by atoms with van der Waals surface area (Å²) in [7, 11) is 0. The topological polar surface area (TPSA) is 47.3 Å². The number of hydrogen-bond acceptors (Lipinski definition) is 3. The van der Waals surface area contributed by atoms with Gasteiger partial charge in [0.1, 0.15) is 12.0 Å². The van der Waals surface area contributed by atoms with Gasteiger partial charge in [0.05, 0.1) is 11.9 Å². The first-order valence-corrected chi connectivity index (χ1v) is 8.23. The molecule has 4 heteroatoms. The Morgan fingerprint density at radius 2 is 1.77 bits per heavy atom. The first kappa shape index (κ1) is 15.8. The molecule has 0 fully saturated rings. The summed E-state index contributed by atoms with van der Waals surface area (Å²) in [5.41, 5.74) is 5.97. The quantitative estimate of drug-likeness (QED) is 0.411. The molecule has 0 unspecified atom stereocenters. The summed E-state index contributed by atoms with van der Waals surface area (Å²) in [6.07, 6.45) is 2.56. The second kappa shape index (κ2) is 6.66. The highest BCUT2D eigenvalue weighted by Gasteiger charge is 2.06. The number of aromatic nitrogens is 3. The highest BCUT2D eigenvalue weighted by Crippen LogP contribution is 2.18. The van der Waals surface area contributed by atoms with Gasteiger partial charge in [-0.1, -0.05) is 48.4 Å². The zero-order valence-corrected chi connectivity index (χ0v) is 14.2. The molecule has 26 heavy (non-hydrogen) atoms. The van der Waals surface area contributed by atoms with E-state index in [1.807, 2.05) is 55.5 Å². The summed E-state index contributed by atoms with van der Waals surface area (Å²) in [5, 5.41) is 4.66. The van der Waals surface area contributed by atoms with Crippen LogP contribution in [-0.4, -0.2) is 20.9 Å². The molecular formula is C22H15N3O. The van der Waals surface area contributed by atoms with Crippen LogP contribution in [0.3, 0.4) is 0 Å². The molecule has 0 bridgehead atoms. The van der Waals surface area contributed by atoms with E-state index < -0.39 is 0 Å². The van der Waals surface area contributed by atoms with Gasteiger partial charge in [-0.2, -0.15) is 5.10 Å². The Bertz CT molecular complexity index is 1160. The fourth-order valence-corrected chi connectivity index (χ4v) is 2.69. The lowest BCUT2D eigenvalue weighted by Crippen LogP contribution is -1.97. The van der Waals surface area contributed by atoms with Gasteiger partial charge in [0.25, 0.3) is 0 Å². The van der Waals surface area contributed by atoms with Gasteiger partial charge in [0.15, 0.2) is 5.65 Å². The van der Waals surface area contributed by atoms with Crippen LogP contribution >= 0.6 is 0 Å². The van der Waals surface area contributed by atoms with E-state index in [-0.39, 0.29) is 0 Å². The molecule has 0 N–H and O–H groups in total. The maximum Gasteiger partial charge on any atom is 0.154 e. The lowest BCUT2D eigenvalue weighted by molar-refractivity contribution is 0.112. The normalized spacial score (nSPS) is 10.3. The lowest BCUT2D eigenvalue weighted by Gasteiger charge is -2.02. The third kappa shape index (κ3) is 2.99. The van der Waals surface area contributed by atoms with Gasteiger partial charge >= 0.3 is 0 Å². The lowest BCUT2D eigenvalue weighted by atomic mass is 10.1. The number of rotatable bonds is 2. The first-order chi connectivity index (χ1) is 12.7. The number of aldehydes is 1. The van der Waals surface area contributed by atoms with Crippen LogP contribution in [0.15, 0.2) is 66.9 Å². The Hall–Kier alpha value is -3.71. The second-order valence-electron chi connectivity index (χ2n) is 5.94. The number of benzene rings is 2. The average Bonchev–Trinajstić information content (AvgIpc) is 3.10. The molecule has 0 aliphatic carbocycles. The minimum absolute atomic E-state index is 0.641. The molecule has 2 aromatic heterocycles. The molecule has 0 saturated carbocycles. The average molecular weight is 337 g/mol. The Morgan fingerprint density at radius 3 is 2.54 bits per heavy atom. The summed E-state index contributed by atoms with van der Waals surface area (Å²) in [6, 6.07) is 19.2. The van der Waals surface area contributed by atoms with Crippen LogP contribution in [0.4, 0.5) is 0 Å². The van der Waals surface area contributed by atoms with E-state index in [1.54, 1.807) is 22.8 Å². The predicted octanol–water partition coefficient (Wildman–Crippen LogP) is 3.92.